The highest BCUT2D eigenvalue weighted by molar-refractivity contribution is 7.92. The molecule has 0 bridgehead atoms. The zero-order valence-electron chi connectivity index (χ0n) is 11.8. The molecule has 0 aromatic rings. The first-order valence-corrected chi connectivity index (χ1v) is 8.41. The molecule has 116 valence electrons. The maximum absolute atomic E-state index is 11.6. The van der Waals surface area contributed by atoms with Crippen LogP contribution >= 0.6 is 0 Å². The summed E-state index contributed by atoms with van der Waals surface area (Å²) in [6, 6.07) is -0.529. The SMILES string of the molecule is CC(C)C(CNC(=O)NCC1CCCS1(=O)=O)C(=O)O. The molecule has 8 heteroatoms. The predicted octanol–water partition coefficient (Wildman–Crippen LogP) is 0.220. The van der Waals surface area contributed by atoms with E-state index in [9.17, 15) is 18.0 Å². The third kappa shape index (κ3) is 4.66. The van der Waals surface area contributed by atoms with Gasteiger partial charge in [-0.05, 0) is 18.8 Å². The fourth-order valence-corrected chi connectivity index (χ4v) is 3.93. The van der Waals surface area contributed by atoms with E-state index in [1.54, 1.807) is 13.8 Å². The Hall–Kier alpha value is -1.31. The van der Waals surface area contributed by atoms with E-state index in [4.69, 9.17) is 5.11 Å². The van der Waals surface area contributed by atoms with Gasteiger partial charge in [-0.2, -0.15) is 0 Å². The molecule has 0 spiro atoms. The quantitative estimate of drug-likeness (QED) is 0.650. The topological polar surface area (TPSA) is 113 Å². The van der Waals surface area contributed by atoms with Crippen LogP contribution in [-0.2, 0) is 14.6 Å². The molecule has 1 aliphatic heterocycles. The van der Waals surface area contributed by atoms with E-state index in [1.165, 1.54) is 0 Å². The lowest BCUT2D eigenvalue weighted by Crippen LogP contribution is -2.44. The van der Waals surface area contributed by atoms with E-state index in [1.807, 2.05) is 0 Å². The smallest absolute Gasteiger partial charge is 0.314 e. The lowest BCUT2D eigenvalue weighted by Gasteiger charge is -2.17. The Bertz CT molecular complexity index is 460. The van der Waals surface area contributed by atoms with Crippen molar-refractivity contribution in [3.05, 3.63) is 0 Å². The van der Waals surface area contributed by atoms with E-state index in [0.29, 0.717) is 12.8 Å². The number of nitrogens with one attached hydrogen (secondary N) is 2. The van der Waals surface area contributed by atoms with E-state index in [2.05, 4.69) is 10.6 Å². The molecule has 0 saturated carbocycles. The summed E-state index contributed by atoms with van der Waals surface area (Å²) < 4.78 is 23.1. The average molecular weight is 306 g/mol. The molecule has 2 amide bonds. The van der Waals surface area contributed by atoms with E-state index in [-0.39, 0.29) is 24.8 Å². The van der Waals surface area contributed by atoms with Gasteiger partial charge in [0.05, 0.1) is 16.9 Å². The Morgan fingerprint density at radius 3 is 2.40 bits per heavy atom. The minimum atomic E-state index is -3.08. The van der Waals surface area contributed by atoms with Crippen molar-refractivity contribution in [3.63, 3.8) is 0 Å². The molecular weight excluding hydrogens is 284 g/mol. The average Bonchev–Trinajstić information content (AvgIpc) is 2.65. The Balaban J connectivity index is 2.35. The van der Waals surface area contributed by atoms with Gasteiger partial charge in [0.1, 0.15) is 0 Å². The lowest BCUT2D eigenvalue weighted by molar-refractivity contribution is -0.142. The number of amides is 2. The second-order valence-electron chi connectivity index (χ2n) is 5.41. The third-order valence-corrected chi connectivity index (χ3v) is 5.83. The molecule has 1 heterocycles. The Kier molecular flexibility index (Phi) is 5.79. The van der Waals surface area contributed by atoms with E-state index < -0.39 is 33.0 Å². The van der Waals surface area contributed by atoms with Crippen LogP contribution < -0.4 is 10.6 Å². The molecule has 0 aromatic heterocycles. The summed E-state index contributed by atoms with van der Waals surface area (Å²) in [5, 5.41) is 13.4. The summed E-state index contributed by atoms with van der Waals surface area (Å²) in [5.74, 6) is -1.53. The highest BCUT2D eigenvalue weighted by atomic mass is 32.2. The van der Waals surface area contributed by atoms with Gasteiger partial charge in [0.2, 0.25) is 0 Å². The van der Waals surface area contributed by atoms with Crippen molar-refractivity contribution in [2.45, 2.75) is 31.9 Å². The molecule has 1 aliphatic rings. The minimum Gasteiger partial charge on any atom is -0.481 e. The lowest BCUT2D eigenvalue weighted by atomic mass is 9.96. The fraction of sp³-hybridized carbons (Fsp3) is 0.833. The largest absolute Gasteiger partial charge is 0.481 e. The molecule has 0 aromatic carbocycles. The van der Waals surface area contributed by atoms with Crippen molar-refractivity contribution in [1.82, 2.24) is 10.6 Å². The number of hydrogen-bond donors (Lipinski definition) is 3. The van der Waals surface area contributed by atoms with Crippen LogP contribution in [0.15, 0.2) is 0 Å². The first-order chi connectivity index (χ1) is 9.24. The molecule has 2 unspecified atom stereocenters. The van der Waals surface area contributed by atoms with Crippen LogP contribution in [0.25, 0.3) is 0 Å². The summed E-state index contributed by atoms with van der Waals surface area (Å²) in [7, 11) is -3.08. The van der Waals surface area contributed by atoms with Crippen LogP contribution in [0, 0.1) is 11.8 Å². The summed E-state index contributed by atoms with van der Waals surface area (Å²) >= 11 is 0. The zero-order valence-corrected chi connectivity index (χ0v) is 12.6. The molecule has 7 nitrogen and oxygen atoms in total. The summed E-state index contributed by atoms with van der Waals surface area (Å²) in [6.07, 6.45) is 1.19. The molecule has 0 radical (unpaired) electrons. The van der Waals surface area contributed by atoms with Gasteiger partial charge in [0, 0.05) is 13.1 Å². The number of carboxylic acid groups (broad SMARTS) is 1. The van der Waals surface area contributed by atoms with Gasteiger partial charge >= 0.3 is 12.0 Å². The number of carboxylic acids is 1. The first-order valence-electron chi connectivity index (χ1n) is 6.70. The summed E-state index contributed by atoms with van der Waals surface area (Å²) in [5.41, 5.74) is 0. The molecular formula is C12H22N2O5S. The van der Waals surface area contributed by atoms with Crippen LogP contribution in [0.1, 0.15) is 26.7 Å². The molecule has 1 rings (SSSR count). The minimum absolute atomic E-state index is 0.0241. The van der Waals surface area contributed by atoms with Gasteiger partial charge in [-0.25, -0.2) is 13.2 Å². The van der Waals surface area contributed by atoms with Crippen LogP contribution in [0.2, 0.25) is 0 Å². The van der Waals surface area contributed by atoms with Crippen molar-refractivity contribution in [3.8, 4) is 0 Å². The number of aliphatic carboxylic acids is 1. The Morgan fingerprint density at radius 1 is 1.30 bits per heavy atom. The van der Waals surface area contributed by atoms with Crippen molar-refractivity contribution in [1.29, 1.82) is 0 Å². The monoisotopic (exact) mass is 306 g/mol. The third-order valence-electron chi connectivity index (χ3n) is 3.56. The highest BCUT2D eigenvalue weighted by Gasteiger charge is 2.31. The van der Waals surface area contributed by atoms with Crippen LogP contribution in [-0.4, -0.2) is 49.6 Å². The van der Waals surface area contributed by atoms with Crippen molar-refractivity contribution < 1.29 is 23.1 Å². The molecule has 1 saturated heterocycles. The molecule has 3 N–H and O–H groups in total. The van der Waals surface area contributed by atoms with Crippen molar-refractivity contribution in [2.24, 2.45) is 11.8 Å². The number of rotatable bonds is 6. The maximum Gasteiger partial charge on any atom is 0.314 e. The highest BCUT2D eigenvalue weighted by Crippen LogP contribution is 2.18. The van der Waals surface area contributed by atoms with E-state index in [0.717, 1.165) is 0 Å². The Labute approximate surface area is 119 Å². The number of urea groups is 1. The molecule has 2 atom stereocenters. The first kappa shape index (κ1) is 16.7. The van der Waals surface area contributed by atoms with Crippen molar-refractivity contribution >= 4 is 21.8 Å². The fourth-order valence-electron chi connectivity index (χ4n) is 2.17. The number of carbonyl (C=O) groups excluding carboxylic acids is 1. The number of carbonyl (C=O) groups is 2. The van der Waals surface area contributed by atoms with Crippen LogP contribution in [0.4, 0.5) is 4.79 Å². The van der Waals surface area contributed by atoms with E-state index >= 15 is 0 Å². The van der Waals surface area contributed by atoms with Gasteiger partial charge in [0.25, 0.3) is 0 Å². The van der Waals surface area contributed by atoms with Crippen LogP contribution in [0.5, 0.6) is 0 Å². The van der Waals surface area contributed by atoms with Crippen molar-refractivity contribution in [2.75, 3.05) is 18.8 Å². The molecule has 20 heavy (non-hydrogen) atoms. The molecule has 1 fully saturated rings. The summed E-state index contributed by atoms with van der Waals surface area (Å²) in [6.45, 7) is 3.64. The predicted molar refractivity (Wildman–Crippen MR) is 74.2 cm³/mol. The zero-order chi connectivity index (χ0) is 15.3. The number of hydrogen-bond acceptors (Lipinski definition) is 4. The molecule has 0 aliphatic carbocycles. The van der Waals surface area contributed by atoms with Gasteiger partial charge in [0.15, 0.2) is 9.84 Å². The number of sulfone groups is 1. The maximum atomic E-state index is 11.6. The van der Waals surface area contributed by atoms with Crippen LogP contribution in [0.3, 0.4) is 0 Å². The van der Waals surface area contributed by atoms with Gasteiger partial charge in [-0.15, -0.1) is 0 Å². The summed E-state index contributed by atoms with van der Waals surface area (Å²) in [4.78, 5) is 22.5. The van der Waals surface area contributed by atoms with Gasteiger partial charge < -0.3 is 15.7 Å². The second-order valence-corrected chi connectivity index (χ2v) is 7.81. The Morgan fingerprint density at radius 2 is 1.95 bits per heavy atom. The second kappa shape index (κ2) is 6.92. The van der Waals surface area contributed by atoms with Gasteiger partial charge in [-0.1, -0.05) is 13.8 Å². The van der Waals surface area contributed by atoms with Gasteiger partial charge in [-0.3, -0.25) is 4.79 Å². The standard InChI is InChI=1S/C12H22N2O5S/c1-8(2)10(11(15)16)7-14-12(17)13-6-9-4-3-5-20(9,18)19/h8-10H,3-7H2,1-2H3,(H,15,16)(H2,13,14,17). The normalized spacial score (nSPS) is 22.4.